The molecule has 0 aliphatic carbocycles. The highest BCUT2D eigenvalue weighted by molar-refractivity contribution is 6.12. The molecule has 3 aromatic rings. The van der Waals surface area contributed by atoms with Gasteiger partial charge in [-0.15, -0.1) is 0 Å². The van der Waals surface area contributed by atoms with E-state index in [1.54, 1.807) is 12.3 Å². The molecule has 7 heteroatoms. The number of aromatic nitrogens is 1. The van der Waals surface area contributed by atoms with Crippen LogP contribution in [0.3, 0.4) is 0 Å². The fourth-order valence-corrected chi connectivity index (χ4v) is 5.29. The number of aryl methyl sites for hydroxylation is 1. The van der Waals surface area contributed by atoms with Gasteiger partial charge in [0.2, 0.25) is 0 Å². The first-order valence-electron chi connectivity index (χ1n) is 13.2. The molecule has 0 saturated carbocycles. The van der Waals surface area contributed by atoms with Crippen molar-refractivity contribution in [2.45, 2.75) is 64.3 Å². The number of aliphatic hydroxyl groups excluding tert-OH is 1. The van der Waals surface area contributed by atoms with Crippen molar-refractivity contribution in [1.29, 1.82) is 0 Å². The number of hydrogen-bond acceptors (Lipinski definition) is 4. The number of nitrogens with one attached hydrogen (secondary N) is 1. The van der Waals surface area contributed by atoms with Gasteiger partial charge in [0.25, 0.3) is 5.91 Å². The van der Waals surface area contributed by atoms with Gasteiger partial charge < -0.3 is 19.7 Å². The molecule has 0 bridgehead atoms. The maximum atomic E-state index is 15.2. The second-order valence-electron chi connectivity index (χ2n) is 9.92. The molecule has 3 heterocycles. The Morgan fingerprint density at radius 1 is 1.22 bits per heavy atom. The van der Waals surface area contributed by atoms with E-state index in [-0.39, 0.29) is 24.1 Å². The van der Waals surface area contributed by atoms with E-state index in [4.69, 9.17) is 4.74 Å². The summed E-state index contributed by atoms with van der Waals surface area (Å²) in [7, 11) is 0. The van der Waals surface area contributed by atoms with Crippen LogP contribution in [0, 0.1) is 5.82 Å². The number of nitrogens with zero attached hydrogens (tertiary/aromatic N) is 2. The first-order valence-corrected chi connectivity index (χ1v) is 13.2. The largest absolute Gasteiger partial charge is 0.389 e. The lowest BCUT2D eigenvalue weighted by Crippen LogP contribution is -2.48. The van der Waals surface area contributed by atoms with E-state index >= 15 is 4.39 Å². The molecule has 0 radical (unpaired) electrons. The summed E-state index contributed by atoms with van der Waals surface area (Å²) in [6, 6.07) is 11.4. The molecule has 37 heavy (non-hydrogen) atoms. The molecule has 0 spiro atoms. The highest BCUT2D eigenvalue weighted by Gasteiger charge is 2.28. The molecule has 2 aliphatic heterocycles. The molecule has 1 aromatic heterocycles. The highest BCUT2D eigenvalue weighted by atomic mass is 19.1. The van der Waals surface area contributed by atoms with Crippen molar-refractivity contribution < 1.29 is 19.0 Å². The molecule has 2 aromatic carbocycles. The first kappa shape index (κ1) is 25.4. The third kappa shape index (κ3) is 5.24. The van der Waals surface area contributed by atoms with Gasteiger partial charge >= 0.3 is 0 Å². The van der Waals surface area contributed by atoms with Gasteiger partial charge in [0.1, 0.15) is 5.82 Å². The van der Waals surface area contributed by atoms with Crippen molar-refractivity contribution >= 4 is 28.6 Å². The molecule has 3 atom stereocenters. The Labute approximate surface area is 216 Å². The molecule has 6 nitrogen and oxygen atoms in total. The minimum Gasteiger partial charge on any atom is -0.389 e. The van der Waals surface area contributed by atoms with Crippen molar-refractivity contribution in [1.82, 2.24) is 9.88 Å². The number of aliphatic hydroxyl groups is 1. The van der Waals surface area contributed by atoms with Crippen LogP contribution in [-0.4, -0.2) is 53.2 Å². The van der Waals surface area contributed by atoms with Crippen LogP contribution in [-0.2, 0) is 17.7 Å². The lowest BCUT2D eigenvalue weighted by molar-refractivity contribution is -0.0260. The maximum absolute atomic E-state index is 15.2. The number of allylic oxidation sites excluding steroid dienone is 1. The van der Waals surface area contributed by atoms with Crippen LogP contribution in [0.5, 0.6) is 0 Å². The van der Waals surface area contributed by atoms with E-state index in [0.29, 0.717) is 31.4 Å². The normalized spacial score (nSPS) is 21.4. The number of fused-ring (bicyclic) bond motifs is 1. The molecule has 1 amide bonds. The molecule has 2 N–H and O–H groups in total. The topological polar surface area (TPSA) is 75.9 Å². The minimum absolute atomic E-state index is 0.180. The van der Waals surface area contributed by atoms with Gasteiger partial charge in [0, 0.05) is 30.9 Å². The van der Waals surface area contributed by atoms with Gasteiger partial charge in [0.15, 0.2) is 0 Å². The zero-order chi connectivity index (χ0) is 25.9. The maximum Gasteiger partial charge on any atom is 0.253 e. The lowest BCUT2D eigenvalue weighted by Gasteiger charge is -2.28. The van der Waals surface area contributed by atoms with Crippen LogP contribution in [0.25, 0.3) is 16.5 Å². The summed E-state index contributed by atoms with van der Waals surface area (Å²) >= 11 is 0. The van der Waals surface area contributed by atoms with Gasteiger partial charge in [-0.2, -0.15) is 0 Å². The van der Waals surface area contributed by atoms with Crippen LogP contribution in [0.2, 0.25) is 0 Å². The summed E-state index contributed by atoms with van der Waals surface area (Å²) in [6.07, 6.45) is 8.51. The Hall–Kier alpha value is -3.29. The quantitative estimate of drug-likeness (QED) is 0.459. The molecular formula is C30H34FN3O3. The number of rotatable bonds is 8. The molecule has 194 valence electrons. The van der Waals surface area contributed by atoms with E-state index in [9.17, 15) is 9.90 Å². The minimum atomic E-state index is -0.780. The Bertz CT molecular complexity index is 1340. The van der Waals surface area contributed by atoms with Crippen molar-refractivity contribution in [3.05, 3.63) is 76.7 Å². The highest BCUT2D eigenvalue weighted by Crippen LogP contribution is 2.30. The summed E-state index contributed by atoms with van der Waals surface area (Å²) in [5.74, 6) is -0.806. The monoisotopic (exact) mass is 503 g/mol. The number of benzene rings is 2. The lowest BCUT2D eigenvalue weighted by atomic mass is 10.0. The molecule has 2 aliphatic rings. The van der Waals surface area contributed by atoms with Gasteiger partial charge in [-0.25, -0.2) is 4.39 Å². The first-order chi connectivity index (χ1) is 18.0. The van der Waals surface area contributed by atoms with E-state index in [2.05, 4.69) is 47.6 Å². The number of amides is 1. The molecular weight excluding hydrogens is 469 g/mol. The van der Waals surface area contributed by atoms with Crippen molar-refractivity contribution in [3.8, 4) is 0 Å². The van der Waals surface area contributed by atoms with Crippen molar-refractivity contribution in [3.63, 3.8) is 0 Å². The Morgan fingerprint density at radius 2 is 2.03 bits per heavy atom. The molecule has 1 saturated heterocycles. The smallest absolute Gasteiger partial charge is 0.253 e. The van der Waals surface area contributed by atoms with Crippen LogP contribution < -0.4 is 5.32 Å². The van der Waals surface area contributed by atoms with Gasteiger partial charge in [-0.1, -0.05) is 56.7 Å². The molecule has 1 fully saturated rings. The van der Waals surface area contributed by atoms with Gasteiger partial charge in [-0.05, 0) is 47.6 Å². The van der Waals surface area contributed by atoms with Crippen molar-refractivity contribution in [2.75, 3.05) is 13.2 Å². The summed E-state index contributed by atoms with van der Waals surface area (Å²) in [5, 5.41) is 13.5. The van der Waals surface area contributed by atoms with Crippen LogP contribution in [0.15, 0.2) is 53.7 Å². The number of halogens is 1. The predicted molar refractivity (Wildman–Crippen MR) is 145 cm³/mol. The number of carbonyl (C=O) groups is 1. The van der Waals surface area contributed by atoms with Crippen LogP contribution in [0.1, 0.15) is 60.2 Å². The fraction of sp³-hybridized carbons (Fsp3) is 0.400. The number of aliphatic imine (C=N–C) groups is 1. The van der Waals surface area contributed by atoms with Crippen LogP contribution >= 0.6 is 0 Å². The third-order valence-corrected chi connectivity index (χ3v) is 7.32. The van der Waals surface area contributed by atoms with E-state index < -0.39 is 18.0 Å². The average molecular weight is 504 g/mol. The van der Waals surface area contributed by atoms with E-state index in [1.165, 1.54) is 6.07 Å². The number of hydrogen-bond donors (Lipinski definition) is 2. The predicted octanol–water partition coefficient (Wildman–Crippen LogP) is 4.91. The second kappa shape index (κ2) is 11.0. The Balaban J connectivity index is 1.44. The van der Waals surface area contributed by atoms with Crippen molar-refractivity contribution in [2.24, 2.45) is 4.99 Å². The zero-order valence-corrected chi connectivity index (χ0v) is 21.4. The summed E-state index contributed by atoms with van der Waals surface area (Å²) < 4.78 is 22.4. The SMILES string of the molecule is CCCC1C=C(c2ccc(Cn3cc(C(=O)N[C@H]4CCOC[C@@H]4O)c4c(F)ccc(CC)c43)cc2)C=N1. The standard InChI is InChI=1S/C30H34FN3O3/c1-3-5-23-14-22(15-32-23)21-8-6-19(7-9-21)16-34-17-24(28-25(31)11-10-20(4-2)29(28)34)30(36)33-26-12-13-37-18-27(26)35/h6-11,14-15,17,23,26-27,35H,3-5,12-13,16,18H2,1-2H3,(H,33,36)/t23?,26-,27-/m0/s1. The van der Waals surface area contributed by atoms with Gasteiger partial charge in [-0.3, -0.25) is 9.79 Å². The summed E-state index contributed by atoms with van der Waals surface area (Å²) in [4.78, 5) is 17.9. The fourth-order valence-electron chi connectivity index (χ4n) is 5.29. The Morgan fingerprint density at radius 3 is 2.76 bits per heavy atom. The van der Waals surface area contributed by atoms with Crippen LogP contribution in [0.4, 0.5) is 4.39 Å². The summed E-state index contributed by atoms with van der Waals surface area (Å²) in [5.41, 5.74) is 5.32. The Kier molecular flexibility index (Phi) is 7.53. The summed E-state index contributed by atoms with van der Waals surface area (Å²) in [6.45, 7) is 5.35. The third-order valence-electron chi connectivity index (χ3n) is 7.32. The number of carbonyl (C=O) groups excluding carboxylic acids is 1. The average Bonchev–Trinajstić information content (AvgIpc) is 3.52. The molecule has 1 unspecified atom stereocenters. The van der Waals surface area contributed by atoms with E-state index in [1.807, 2.05) is 17.7 Å². The molecule has 5 rings (SSSR count). The number of ether oxygens (including phenoxy) is 1. The second-order valence-corrected chi connectivity index (χ2v) is 9.92. The zero-order valence-electron chi connectivity index (χ0n) is 21.4. The van der Waals surface area contributed by atoms with E-state index in [0.717, 1.165) is 40.6 Å². The van der Waals surface area contributed by atoms with Gasteiger partial charge in [0.05, 0.1) is 35.9 Å².